The molecule has 6 heteroatoms. The van der Waals surface area contributed by atoms with E-state index in [0.29, 0.717) is 13.1 Å². The van der Waals surface area contributed by atoms with Gasteiger partial charge in [-0.05, 0) is 6.08 Å². The van der Waals surface area contributed by atoms with E-state index in [0.717, 1.165) is 0 Å². The van der Waals surface area contributed by atoms with Crippen LogP contribution in [0.3, 0.4) is 0 Å². The smallest absolute Gasteiger partial charge is 0.375 e. The second-order valence-electron chi connectivity index (χ2n) is 3.61. The molecule has 0 saturated carbocycles. The third-order valence-electron chi connectivity index (χ3n) is 2.77. The monoisotopic (exact) mass is 211 g/mol. The molecular formula is C9H13N3O3. The van der Waals surface area contributed by atoms with Gasteiger partial charge >= 0.3 is 5.79 Å². The van der Waals surface area contributed by atoms with Gasteiger partial charge in [-0.3, -0.25) is 10.1 Å². The van der Waals surface area contributed by atoms with Crippen LogP contribution in [0.5, 0.6) is 0 Å². The number of hydrogen-bond donors (Lipinski definition) is 1. The van der Waals surface area contributed by atoms with Crippen molar-refractivity contribution in [3.05, 3.63) is 34.5 Å². The highest BCUT2D eigenvalue weighted by molar-refractivity contribution is 5.16. The average molecular weight is 211 g/mol. The number of dihydropyridines is 1. The van der Waals surface area contributed by atoms with Crippen LogP contribution in [0.4, 0.5) is 0 Å². The maximum Gasteiger partial charge on any atom is 0.375 e. The van der Waals surface area contributed by atoms with Gasteiger partial charge in [-0.25, -0.2) is 4.90 Å². The van der Waals surface area contributed by atoms with E-state index >= 15 is 0 Å². The lowest BCUT2D eigenvalue weighted by Gasteiger charge is -2.44. The molecule has 0 bridgehead atoms. The van der Waals surface area contributed by atoms with Crippen LogP contribution < -0.4 is 5.32 Å². The zero-order valence-corrected chi connectivity index (χ0v) is 8.42. The molecule has 1 saturated heterocycles. The number of nitrogens with one attached hydrogen (secondary N) is 1. The summed E-state index contributed by atoms with van der Waals surface area (Å²) in [5, 5.41) is 13.9. The molecule has 2 rings (SSSR count). The molecule has 1 N–H and O–H groups in total. The number of hydrogen-bond acceptors (Lipinski definition) is 5. The third-order valence-corrected chi connectivity index (χ3v) is 2.77. The molecular weight excluding hydrogens is 198 g/mol. The molecule has 1 fully saturated rings. The average Bonchev–Trinajstić information content (AvgIpc) is 2.17. The Morgan fingerprint density at radius 3 is 2.80 bits per heavy atom. The zero-order valence-electron chi connectivity index (χ0n) is 8.42. The van der Waals surface area contributed by atoms with Gasteiger partial charge in [0, 0.05) is 32.5 Å². The van der Waals surface area contributed by atoms with Crippen LogP contribution in [0.15, 0.2) is 24.4 Å². The summed E-state index contributed by atoms with van der Waals surface area (Å²) in [6.45, 7) is 1.14. The van der Waals surface area contributed by atoms with Crippen LogP contribution in [-0.4, -0.2) is 41.9 Å². The Hall–Kier alpha value is -1.40. The van der Waals surface area contributed by atoms with Crippen LogP contribution in [0.1, 0.15) is 0 Å². The van der Waals surface area contributed by atoms with E-state index in [9.17, 15) is 10.1 Å². The molecule has 1 unspecified atom stereocenters. The minimum atomic E-state index is -1.29. The van der Waals surface area contributed by atoms with Gasteiger partial charge in [0.25, 0.3) is 0 Å². The normalized spacial score (nSPS) is 31.0. The molecule has 1 atom stereocenters. The summed E-state index contributed by atoms with van der Waals surface area (Å²) in [5.41, 5.74) is 0. The van der Waals surface area contributed by atoms with Gasteiger partial charge in [-0.1, -0.05) is 6.08 Å². The van der Waals surface area contributed by atoms with Crippen molar-refractivity contribution in [2.45, 2.75) is 11.9 Å². The van der Waals surface area contributed by atoms with Crippen molar-refractivity contribution in [1.29, 1.82) is 0 Å². The SMILES string of the molecule is COC1CN(C2([N+](=O)[O-])C=CC=CN2)C1. The van der Waals surface area contributed by atoms with Crippen molar-refractivity contribution in [3.8, 4) is 0 Å². The Bertz CT molecular complexity index is 323. The van der Waals surface area contributed by atoms with Crippen molar-refractivity contribution in [1.82, 2.24) is 10.2 Å². The summed E-state index contributed by atoms with van der Waals surface area (Å²) >= 11 is 0. The van der Waals surface area contributed by atoms with E-state index in [1.54, 1.807) is 36.4 Å². The van der Waals surface area contributed by atoms with Crippen molar-refractivity contribution in [3.63, 3.8) is 0 Å². The first kappa shape index (κ1) is 10.1. The maximum atomic E-state index is 11.1. The number of nitrogens with zero attached hydrogens (tertiary/aromatic N) is 2. The fraction of sp³-hybridized carbons (Fsp3) is 0.556. The number of nitro groups is 1. The second kappa shape index (κ2) is 3.63. The summed E-state index contributed by atoms with van der Waals surface area (Å²) in [6, 6.07) is 0. The molecule has 6 nitrogen and oxygen atoms in total. The van der Waals surface area contributed by atoms with E-state index in [4.69, 9.17) is 4.74 Å². The summed E-state index contributed by atoms with van der Waals surface area (Å²) in [5.74, 6) is -1.29. The van der Waals surface area contributed by atoms with E-state index in [-0.39, 0.29) is 11.0 Å². The number of likely N-dealkylation sites (tertiary alicyclic amines) is 1. The van der Waals surface area contributed by atoms with Gasteiger partial charge in [0.2, 0.25) is 0 Å². The van der Waals surface area contributed by atoms with Crippen molar-refractivity contribution >= 4 is 0 Å². The molecule has 2 heterocycles. The first-order valence-corrected chi connectivity index (χ1v) is 4.73. The molecule has 0 aromatic heterocycles. The molecule has 0 radical (unpaired) electrons. The largest absolute Gasteiger partial charge is 0.379 e. The van der Waals surface area contributed by atoms with Gasteiger partial charge in [0.05, 0.1) is 11.0 Å². The molecule has 0 aromatic carbocycles. The van der Waals surface area contributed by atoms with Crippen LogP contribution in [0.2, 0.25) is 0 Å². The predicted octanol–water partition coefficient (Wildman–Crippen LogP) is -0.0794. The Labute approximate surface area is 87.3 Å². The molecule has 0 aromatic rings. The van der Waals surface area contributed by atoms with Crippen LogP contribution in [0.25, 0.3) is 0 Å². The van der Waals surface area contributed by atoms with Crippen molar-refractivity contribution in [2.24, 2.45) is 0 Å². The van der Waals surface area contributed by atoms with Crippen LogP contribution in [-0.2, 0) is 4.74 Å². The molecule has 0 aliphatic carbocycles. The number of rotatable bonds is 3. The minimum Gasteiger partial charge on any atom is -0.379 e. The van der Waals surface area contributed by atoms with Gasteiger partial charge < -0.3 is 10.1 Å². The fourth-order valence-electron chi connectivity index (χ4n) is 1.76. The molecule has 0 spiro atoms. The number of allylic oxidation sites excluding steroid dienone is 2. The summed E-state index contributed by atoms with van der Waals surface area (Å²) in [7, 11) is 1.62. The van der Waals surface area contributed by atoms with Crippen LogP contribution in [0, 0.1) is 10.1 Å². The second-order valence-corrected chi connectivity index (χ2v) is 3.61. The summed E-state index contributed by atoms with van der Waals surface area (Å²) in [4.78, 5) is 12.5. The van der Waals surface area contributed by atoms with E-state index in [2.05, 4.69) is 5.32 Å². The molecule has 82 valence electrons. The Morgan fingerprint density at radius 2 is 2.33 bits per heavy atom. The van der Waals surface area contributed by atoms with E-state index < -0.39 is 5.79 Å². The maximum absolute atomic E-state index is 11.1. The first-order valence-electron chi connectivity index (χ1n) is 4.73. The molecule has 2 aliphatic rings. The summed E-state index contributed by atoms with van der Waals surface area (Å²) in [6.07, 6.45) is 6.65. The zero-order chi connectivity index (χ0) is 10.9. The topological polar surface area (TPSA) is 67.6 Å². The van der Waals surface area contributed by atoms with Gasteiger partial charge in [-0.15, -0.1) is 0 Å². The number of methoxy groups -OCH3 is 1. The lowest BCUT2D eigenvalue weighted by molar-refractivity contribution is -0.598. The van der Waals surface area contributed by atoms with Crippen molar-refractivity contribution in [2.75, 3.05) is 20.2 Å². The van der Waals surface area contributed by atoms with Crippen LogP contribution >= 0.6 is 0 Å². The number of ether oxygens (including phenoxy) is 1. The third kappa shape index (κ3) is 1.51. The van der Waals surface area contributed by atoms with E-state index in [1.165, 1.54) is 0 Å². The van der Waals surface area contributed by atoms with Gasteiger partial charge in [-0.2, -0.15) is 0 Å². The standard InChI is InChI=1S/C9H13N3O3/c1-15-8-6-11(7-8)9(12(13)14)4-2-3-5-10-9/h2-5,8,10H,6-7H2,1H3. The Morgan fingerprint density at radius 1 is 1.60 bits per heavy atom. The quantitative estimate of drug-likeness (QED) is 0.522. The van der Waals surface area contributed by atoms with E-state index in [1.807, 2.05) is 0 Å². The minimum absolute atomic E-state index is 0.0999. The highest BCUT2D eigenvalue weighted by Crippen LogP contribution is 2.25. The molecule has 2 aliphatic heterocycles. The molecule has 15 heavy (non-hydrogen) atoms. The highest BCUT2D eigenvalue weighted by Gasteiger charge is 2.52. The highest BCUT2D eigenvalue weighted by atomic mass is 16.6. The molecule has 0 amide bonds. The Balaban J connectivity index is 2.12. The summed E-state index contributed by atoms with van der Waals surface area (Å²) < 4.78 is 5.10. The first-order chi connectivity index (χ1) is 7.19. The Kier molecular flexibility index (Phi) is 2.45. The lowest BCUT2D eigenvalue weighted by atomic mass is 10.1. The van der Waals surface area contributed by atoms with Gasteiger partial charge in [0.1, 0.15) is 0 Å². The van der Waals surface area contributed by atoms with Crippen molar-refractivity contribution < 1.29 is 9.66 Å². The predicted molar refractivity (Wildman–Crippen MR) is 53.5 cm³/mol. The van der Waals surface area contributed by atoms with Gasteiger partial charge in [0.15, 0.2) is 0 Å². The lowest BCUT2D eigenvalue weighted by Crippen LogP contribution is -2.70. The fourth-order valence-corrected chi connectivity index (χ4v) is 1.76.